The molecule has 0 saturated carbocycles. The number of aromatic nitrogens is 2. The van der Waals surface area contributed by atoms with Crippen molar-refractivity contribution in [1.82, 2.24) is 15.3 Å². The molecule has 162 valence electrons. The minimum absolute atomic E-state index is 0.249. The van der Waals surface area contributed by atoms with Crippen LogP contribution in [-0.4, -0.2) is 55.1 Å². The summed E-state index contributed by atoms with van der Waals surface area (Å²) in [6, 6.07) is 3.42. The van der Waals surface area contributed by atoms with Crippen LogP contribution in [0.5, 0.6) is 0 Å². The molecule has 30 heavy (non-hydrogen) atoms. The maximum Gasteiger partial charge on any atom is 0.435 e. The third kappa shape index (κ3) is 4.67. The fourth-order valence-corrected chi connectivity index (χ4v) is 4.64. The lowest BCUT2D eigenvalue weighted by Gasteiger charge is -2.28. The van der Waals surface area contributed by atoms with E-state index >= 15 is 0 Å². The van der Waals surface area contributed by atoms with E-state index in [2.05, 4.69) is 25.5 Å². The summed E-state index contributed by atoms with van der Waals surface area (Å²) in [4.78, 5) is 24.3. The average Bonchev–Trinajstić information content (AvgIpc) is 3.22. The first-order chi connectivity index (χ1) is 14.4. The van der Waals surface area contributed by atoms with Gasteiger partial charge in [0.1, 0.15) is 10.7 Å². The fraction of sp³-hybridized carbons (Fsp3) is 0.526. The molecule has 2 aliphatic heterocycles. The summed E-state index contributed by atoms with van der Waals surface area (Å²) in [5.74, 6) is -0.0459. The van der Waals surface area contributed by atoms with Crippen LogP contribution in [0.1, 0.15) is 34.6 Å². The number of nitrogens with one attached hydrogen (secondary N) is 2. The van der Waals surface area contributed by atoms with Gasteiger partial charge in [-0.1, -0.05) is 11.3 Å². The zero-order valence-electron chi connectivity index (χ0n) is 16.3. The molecule has 0 aliphatic carbocycles. The molecule has 4 rings (SSSR count). The summed E-state index contributed by atoms with van der Waals surface area (Å²) >= 11 is 0.793. The second-order valence-corrected chi connectivity index (χ2v) is 8.29. The molecule has 0 radical (unpaired) electrons. The molecular formula is C19H23F3N6OS. The molecule has 7 nitrogen and oxygen atoms in total. The lowest BCUT2D eigenvalue weighted by Crippen LogP contribution is -2.43. The lowest BCUT2D eigenvalue weighted by atomic mass is 10.1. The molecule has 2 aliphatic rings. The Hall–Kier alpha value is -2.40. The van der Waals surface area contributed by atoms with E-state index in [4.69, 9.17) is 0 Å². The number of piperidine rings is 1. The smallest absolute Gasteiger partial charge is 0.354 e. The van der Waals surface area contributed by atoms with Crippen molar-refractivity contribution >= 4 is 33.9 Å². The van der Waals surface area contributed by atoms with Gasteiger partial charge in [0, 0.05) is 39.3 Å². The largest absolute Gasteiger partial charge is 0.435 e. The van der Waals surface area contributed by atoms with E-state index in [0.717, 1.165) is 62.6 Å². The number of anilines is 3. The van der Waals surface area contributed by atoms with Crippen LogP contribution >= 0.6 is 11.3 Å². The standard InChI is InChI=1S/C19H23F3N6OS/c20-19(21,22)16-15(30-18(26-16)28-8-2-1-3-9-28)17(29)25-13-4-5-14(24-12-13)27-10-6-23-7-11-27/h4-5,12,23H,1-3,6-11H2,(H,25,29). The van der Waals surface area contributed by atoms with Gasteiger partial charge in [-0.2, -0.15) is 13.2 Å². The Morgan fingerprint density at radius 3 is 2.43 bits per heavy atom. The van der Waals surface area contributed by atoms with Gasteiger partial charge in [-0.05, 0) is 31.4 Å². The molecule has 4 heterocycles. The highest BCUT2D eigenvalue weighted by atomic mass is 32.1. The first-order valence-corrected chi connectivity index (χ1v) is 10.8. The predicted molar refractivity (Wildman–Crippen MR) is 110 cm³/mol. The van der Waals surface area contributed by atoms with Crippen molar-refractivity contribution in [2.75, 3.05) is 54.4 Å². The van der Waals surface area contributed by atoms with Crippen LogP contribution in [-0.2, 0) is 6.18 Å². The SMILES string of the molecule is O=C(Nc1ccc(N2CCNCC2)nc1)c1sc(N2CCCCC2)nc1C(F)(F)F. The third-order valence-corrected chi connectivity index (χ3v) is 6.28. The number of carbonyl (C=O) groups is 1. The highest BCUT2D eigenvalue weighted by molar-refractivity contribution is 7.17. The topological polar surface area (TPSA) is 73.4 Å². The van der Waals surface area contributed by atoms with Gasteiger partial charge in [0.05, 0.1) is 11.9 Å². The Kier molecular flexibility index (Phi) is 6.09. The Morgan fingerprint density at radius 2 is 1.80 bits per heavy atom. The monoisotopic (exact) mass is 440 g/mol. The molecule has 2 aromatic rings. The average molecular weight is 440 g/mol. The summed E-state index contributed by atoms with van der Waals surface area (Å²) in [7, 11) is 0. The maximum absolute atomic E-state index is 13.5. The van der Waals surface area contributed by atoms with Crippen LogP contribution in [0.4, 0.5) is 29.8 Å². The molecule has 0 atom stereocenters. The molecule has 2 aromatic heterocycles. The van der Waals surface area contributed by atoms with Crippen molar-refractivity contribution in [3.8, 4) is 0 Å². The van der Waals surface area contributed by atoms with Gasteiger partial charge in [0.2, 0.25) is 0 Å². The van der Waals surface area contributed by atoms with Gasteiger partial charge in [-0.25, -0.2) is 9.97 Å². The van der Waals surface area contributed by atoms with E-state index in [9.17, 15) is 18.0 Å². The number of thiazole rings is 1. The van der Waals surface area contributed by atoms with Crippen molar-refractivity contribution in [2.45, 2.75) is 25.4 Å². The van der Waals surface area contributed by atoms with E-state index < -0.39 is 22.7 Å². The number of pyridine rings is 1. The number of piperazine rings is 1. The Bertz CT molecular complexity index is 873. The van der Waals surface area contributed by atoms with E-state index in [1.54, 1.807) is 12.1 Å². The van der Waals surface area contributed by atoms with Crippen molar-refractivity contribution in [1.29, 1.82) is 0 Å². The van der Waals surface area contributed by atoms with Gasteiger partial charge >= 0.3 is 6.18 Å². The Morgan fingerprint density at radius 1 is 1.07 bits per heavy atom. The number of rotatable bonds is 4. The van der Waals surface area contributed by atoms with Gasteiger partial charge in [0.25, 0.3) is 5.91 Å². The first kappa shape index (κ1) is 20.9. The van der Waals surface area contributed by atoms with Crippen molar-refractivity contribution in [2.24, 2.45) is 0 Å². The van der Waals surface area contributed by atoms with E-state index in [-0.39, 0.29) is 5.13 Å². The predicted octanol–water partition coefficient (Wildman–Crippen LogP) is 3.21. The molecule has 0 spiro atoms. The minimum atomic E-state index is -4.69. The van der Waals surface area contributed by atoms with Crippen LogP contribution in [0, 0.1) is 0 Å². The number of nitrogens with zero attached hydrogens (tertiary/aromatic N) is 4. The van der Waals surface area contributed by atoms with Crippen molar-refractivity contribution < 1.29 is 18.0 Å². The second-order valence-electron chi connectivity index (χ2n) is 7.32. The molecular weight excluding hydrogens is 417 g/mol. The zero-order chi connectivity index (χ0) is 21.1. The van der Waals surface area contributed by atoms with E-state index in [1.165, 1.54) is 6.20 Å². The molecule has 11 heteroatoms. The molecule has 2 N–H and O–H groups in total. The lowest BCUT2D eigenvalue weighted by molar-refractivity contribution is -0.141. The molecule has 1 amide bonds. The van der Waals surface area contributed by atoms with Gasteiger partial charge in [-0.3, -0.25) is 4.79 Å². The molecule has 0 unspecified atom stereocenters. The van der Waals surface area contributed by atoms with Crippen LogP contribution in [0.15, 0.2) is 18.3 Å². The number of hydrogen-bond acceptors (Lipinski definition) is 7. The summed E-state index contributed by atoms with van der Waals surface area (Å²) in [6.07, 6.45) is -0.351. The number of halogens is 3. The van der Waals surface area contributed by atoms with Crippen molar-refractivity contribution in [3.63, 3.8) is 0 Å². The first-order valence-electron chi connectivity index (χ1n) is 9.98. The van der Waals surface area contributed by atoms with Gasteiger partial charge < -0.3 is 20.4 Å². The third-order valence-electron chi connectivity index (χ3n) is 5.16. The number of amides is 1. The zero-order valence-corrected chi connectivity index (χ0v) is 17.2. The van der Waals surface area contributed by atoms with Crippen LogP contribution in [0.25, 0.3) is 0 Å². The number of alkyl halides is 3. The van der Waals surface area contributed by atoms with E-state index in [0.29, 0.717) is 18.8 Å². The van der Waals surface area contributed by atoms with Crippen LogP contribution in [0.3, 0.4) is 0 Å². The normalized spacial score (nSPS) is 17.8. The number of hydrogen-bond donors (Lipinski definition) is 2. The summed E-state index contributed by atoms with van der Waals surface area (Å²) in [5.41, 5.74) is -0.782. The minimum Gasteiger partial charge on any atom is -0.354 e. The molecule has 2 saturated heterocycles. The summed E-state index contributed by atoms with van der Waals surface area (Å²) < 4.78 is 40.5. The van der Waals surface area contributed by atoms with E-state index in [1.807, 2.05) is 4.90 Å². The highest BCUT2D eigenvalue weighted by Gasteiger charge is 2.40. The van der Waals surface area contributed by atoms with Crippen LogP contribution < -0.4 is 20.4 Å². The molecule has 2 fully saturated rings. The van der Waals surface area contributed by atoms with Gasteiger partial charge in [-0.15, -0.1) is 0 Å². The summed E-state index contributed by atoms with van der Waals surface area (Å²) in [6.45, 7) is 4.70. The second kappa shape index (κ2) is 8.76. The summed E-state index contributed by atoms with van der Waals surface area (Å²) in [5, 5.41) is 6.04. The molecule has 0 bridgehead atoms. The maximum atomic E-state index is 13.5. The Labute approximate surface area is 176 Å². The van der Waals surface area contributed by atoms with Crippen molar-refractivity contribution in [3.05, 3.63) is 28.9 Å². The fourth-order valence-electron chi connectivity index (χ4n) is 3.60. The number of carbonyl (C=O) groups excluding carboxylic acids is 1. The van der Waals surface area contributed by atoms with Crippen LogP contribution in [0.2, 0.25) is 0 Å². The van der Waals surface area contributed by atoms with Gasteiger partial charge in [0.15, 0.2) is 10.8 Å². The Balaban J connectivity index is 1.51. The quantitative estimate of drug-likeness (QED) is 0.761. The molecule has 0 aromatic carbocycles. The highest BCUT2D eigenvalue weighted by Crippen LogP contribution is 2.38.